The quantitative estimate of drug-likeness (QED) is 0.481. The molecule has 0 aliphatic heterocycles. The van der Waals surface area contributed by atoms with E-state index in [-0.39, 0.29) is 5.91 Å². The van der Waals surface area contributed by atoms with Crippen LogP contribution in [-0.2, 0) is 6.42 Å². The number of fused-ring (bicyclic) bond motifs is 1. The minimum Gasteiger partial charge on any atom is -0.492 e. The van der Waals surface area contributed by atoms with Crippen molar-refractivity contribution in [3.63, 3.8) is 0 Å². The Morgan fingerprint density at radius 2 is 1.93 bits per heavy atom. The van der Waals surface area contributed by atoms with Crippen LogP contribution in [0.2, 0.25) is 0 Å². The second-order valence-electron chi connectivity index (χ2n) is 6.31. The number of ether oxygens (including phenoxy) is 1. The van der Waals surface area contributed by atoms with Gasteiger partial charge in [0.25, 0.3) is 5.91 Å². The number of H-pyrrole nitrogens is 1. The molecule has 0 aliphatic carbocycles. The highest BCUT2D eigenvalue weighted by atomic mass is 32.1. The van der Waals surface area contributed by atoms with E-state index < -0.39 is 0 Å². The Balaban J connectivity index is 1.45. The number of aromatic amines is 1. The van der Waals surface area contributed by atoms with Gasteiger partial charge in [0.15, 0.2) is 0 Å². The Bertz CT molecular complexity index is 1050. The fourth-order valence-corrected chi connectivity index (χ4v) is 4.06. The van der Waals surface area contributed by atoms with E-state index in [1.165, 1.54) is 11.3 Å². The smallest absolute Gasteiger partial charge is 0.265 e. The lowest BCUT2D eigenvalue weighted by atomic mass is 10.2. The topological polar surface area (TPSA) is 67.0 Å². The molecule has 1 amide bonds. The van der Waals surface area contributed by atoms with Crippen LogP contribution in [-0.4, -0.2) is 29.0 Å². The summed E-state index contributed by atoms with van der Waals surface area (Å²) in [5.74, 6) is 1.38. The minimum atomic E-state index is -0.119. The van der Waals surface area contributed by atoms with E-state index in [0.717, 1.165) is 27.3 Å². The number of carbonyl (C=O) groups is 1. The number of nitrogens with one attached hydrogen (secondary N) is 2. The number of hydrogen-bond acceptors (Lipinski definition) is 4. The van der Waals surface area contributed by atoms with E-state index in [9.17, 15) is 4.79 Å². The molecule has 4 rings (SSSR count). The van der Waals surface area contributed by atoms with Gasteiger partial charge in [-0.15, -0.1) is 11.3 Å². The summed E-state index contributed by atoms with van der Waals surface area (Å²) < 4.78 is 5.70. The Morgan fingerprint density at radius 3 is 2.71 bits per heavy atom. The van der Waals surface area contributed by atoms with Gasteiger partial charge in [-0.3, -0.25) is 4.79 Å². The summed E-state index contributed by atoms with van der Waals surface area (Å²) in [6.45, 7) is 2.94. The largest absolute Gasteiger partial charge is 0.492 e. The average Bonchev–Trinajstić information content (AvgIpc) is 3.33. The first-order valence-corrected chi connectivity index (χ1v) is 10.1. The summed E-state index contributed by atoms with van der Waals surface area (Å²) in [5.41, 5.74) is 3.02. The Kier molecular flexibility index (Phi) is 5.39. The van der Waals surface area contributed by atoms with E-state index in [1.807, 2.05) is 67.6 Å². The molecule has 2 heterocycles. The maximum Gasteiger partial charge on any atom is 0.265 e. The lowest BCUT2D eigenvalue weighted by molar-refractivity contribution is 0.0954. The number of nitrogens with zero attached hydrogens (tertiary/aromatic N) is 1. The number of imidazole rings is 1. The fourth-order valence-electron chi connectivity index (χ4n) is 3.04. The average molecular weight is 391 g/mol. The van der Waals surface area contributed by atoms with Crippen LogP contribution in [0.1, 0.15) is 22.4 Å². The normalized spacial score (nSPS) is 10.9. The second-order valence-corrected chi connectivity index (χ2v) is 7.36. The summed E-state index contributed by atoms with van der Waals surface area (Å²) in [7, 11) is 0. The van der Waals surface area contributed by atoms with Gasteiger partial charge < -0.3 is 15.0 Å². The number of hydrogen-bond donors (Lipinski definition) is 2. The highest BCUT2D eigenvalue weighted by molar-refractivity contribution is 7.17. The number of para-hydroxylation sites is 2. The fraction of sp³-hybridized carbons (Fsp3) is 0.182. The zero-order valence-corrected chi connectivity index (χ0v) is 16.4. The molecule has 0 saturated heterocycles. The molecule has 2 N–H and O–H groups in total. The van der Waals surface area contributed by atoms with E-state index in [2.05, 4.69) is 15.3 Å². The van der Waals surface area contributed by atoms with Crippen LogP contribution >= 0.6 is 11.3 Å². The van der Waals surface area contributed by atoms with Crippen LogP contribution in [0.5, 0.6) is 5.75 Å². The zero-order valence-electron chi connectivity index (χ0n) is 15.6. The van der Waals surface area contributed by atoms with Crippen LogP contribution in [0.3, 0.4) is 0 Å². The maximum atomic E-state index is 12.7. The highest BCUT2D eigenvalue weighted by Gasteiger charge is 2.18. The second kappa shape index (κ2) is 8.27. The number of carbonyl (C=O) groups excluding carboxylic acids is 1. The first kappa shape index (κ1) is 18.3. The predicted octanol–water partition coefficient (Wildman–Crippen LogP) is 4.66. The van der Waals surface area contributed by atoms with Crippen molar-refractivity contribution in [3.8, 4) is 16.2 Å². The summed E-state index contributed by atoms with van der Waals surface area (Å²) in [5, 5.41) is 2.99. The number of amides is 1. The molecule has 28 heavy (non-hydrogen) atoms. The molecular weight excluding hydrogens is 370 g/mol. The molecular formula is C22H21N3O2S. The van der Waals surface area contributed by atoms with Crippen LogP contribution < -0.4 is 10.1 Å². The van der Waals surface area contributed by atoms with Gasteiger partial charge in [0.2, 0.25) is 0 Å². The maximum absolute atomic E-state index is 12.7. The van der Waals surface area contributed by atoms with Gasteiger partial charge in [0, 0.05) is 17.8 Å². The molecule has 0 atom stereocenters. The van der Waals surface area contributed by atoms with Crippen molar-refractivity contribution in [2.24, 2.45) is 0 Å². The molecule has 5 nitrogen and oxygen atoms in total. The monoisotopic (exact) mass is 391 g/mol. The number of rotatable bonds is 7. The van der Waals surface area contributed by atoms with E-state index >= 15 is 0 Å². The van der Waals surface area contributed by atoms with E-state index in [4.69, 9.17) is 4.74 Å². The van der Waals surface area contributed by atoms with Gasteiger partial charge in [0.1, 0.15) is 16.5 Å². The molecule has 0 spiro atoms. The summed E-state index contributed by atoms with van der Waals surface area (Å²) in [6, 6.07) is 19.9. The van der Waals surface area contributed by atoms with Gasteiger partial charge in [-0.1, -0.05) is 42.5 Å². The van der Waals surface area contributed by atoms with Gasteiger partial charge in [0.05, 0.1) is 17.6 Å². The van der Waals surface area contributed by atoms with Crippen molar-refractivity contribution in [1.29, 1.82) is 0 Å². The molecule has 4 aromatic rings. The standard InChI is InChI=1S/C22H21N3O2S/c1-2-27-18-14-19(15-8-4-3-5-9-15)28-21(18)22(26)23-13-12-20-24-16-10-6-7-11-17(16)25-20/h3-11,14H,2,12-13H2,1H3,(H,23,26)(H,24,25). The third-order valence-corrected chi connectivity index (χ3v) is 5.51. The SMILES string of the molecule is CCOc1cc(-c2ccccc2)sc1C(=O)NCCc1nc2ccccc2[nH]1. The van der Waals surface area contributed by atoms with E-state index in [1.54, 1.807) is 0 Å². The molecule has 0 saturated carbocycles. The van der Waals surface area contributed by atoms with Gasteiger partial charge in [-0.05, 0) is 30.7 Å². The molecule has 0 unspecified atom stereocenters. The van der Waals surface area contributed by atoms with Crippen molar-refractivity contribution in [2.75, 3.05) is 13.2 Å². The van der Waals surface area contributed by atoms with Gasteiger partial charge >= 0.3 is 0 Å². The van der Waals surface area contributed by atoms with E-state index in [0.29, 0.717) is 30.2 Å². The van der Waals surface area contributed by atoms with Crippen LogP contribution in [0.15, 0.2) is 60.7 Å². The third kappa shape index (κ3) is 3.92. The number of thiophene rings is 1. The van der Waals surface area contributed by atoms with Gasteiger partial charge in [-0.2, -0.15) is 0 Å². The molecule has 6 heteroatoms. The first-order chi connectivity index (χ1) is 13.7. The third-order valence-electron chi connectivity index (χ3n) is 4.35. The zero-order chi connectivity index (χ0) is 19.3. The molecule has 0 fully saturated rings. The molecule has 2 aromatic heterocycles. The Morgan fingerprint density at radius 1 is 1.14 bits per heavy atom. The molecule has 0 bridgehead atoms. The molecule has 142 valence electrons. The van der Waals surface area contributed by atoms with Crippen LogP contribution in [0.25, 0.3) is 21.5 Å². The molecule has 0 radical (unpaired) electrons. The van der Waals surface area contributed by atoms with Crippen LogP contribution in [0, 0.1) is 0 Å². The van der Waals surface area contributed by atoms with Crippen LogP contribution in [0.4, 0.5) is 0 Å². The van der Waals surface area contributed by atoms with Crippen molar-refractivity contribution in [3.05, 3.63) is 71.4 Å². The first-order valence-electron chi connectivity index (χ1n) is 9.28. The number of aromatic nitrogens is 2. The Hall–Kier alpha value is -3.12. The lowest BCUT2D eigenvalue weighted by Crippen LogP contribution is -2.25. The predicted molar refractivity (Wildman–Crippen MR) is 113 cm³/mol. The Labute approximate surface area is 167 Å². The number of benzene rings is 2. The van der Waals surface area contributed by atoms with Crippen molar-refractivity contribution in [2.45, 2.75) is 13.3 Å². The van der Waals surface area contributed by atoms with Crippen molar-refractivity contribution in [1.82, 2.24) is 15.3 Å². The van der Waals surface area contributed by atoms with Crippen molar-refractivity contribution < 1.29 is 9.53 Å². The lowest BCUT2D eigenvalue weighted by Gasteiger charge is -2.05. The molecule has 2 aromatic carbocycles. The van der Waals surface area contributed by atoms with Crippen molar-refractivity contribution >= 4 is 28.3 Å². The molecule has 0 aliphatic rings. The summed E-state index contributed by atoms with van der Waals surface area (Å²) >= 11 is 1.45. The minimum absolute atomic E-state index is 0.119. The van der Waals surface area contributed by atoms with Gasteiger partial charge in [-0.25, -0.2) is 4.98 Å². The highest BCUT2D eigenvalue weighted by Crippen LogP contribution is 2.36. The summed E-state index contributed by atoms with van der Waals surface area (Å²) in [6.07, 6.45) is 0.640. The summed E-state index contributed by atoms with van der Waals surface area (Å²) in [4.78, 5) is 22.2.